The standard InChI is InChI=1S/C17H21NO2/c19-16-15(17(20)10-5-2-6-11-17)9-12-18(16)13-14-7-3-1-4-8-14/h1,3-4,7-9,12,15,20H,2,5-6,10-11,13H2. The molecule has 1 heterocycles. The van der Waals surface area contributed by atoms with Crippen molar-refractivity contribution in [1.82, 2.24) is 4.90 Å². The van der Waals surface area contributed by atoms with Crippen LogP contribution < -0.4 is 0 Å². The molecule has 0 spiro atoms. The Morgan fingerprint density at radius 1 is 1.15 bits per heavy atom. The lowest BCUT2D eigenvalue weighted by atomic mass is 9.76. The SMILES string of the molecule is O=C1C(C2(O)CCCCC2)C=CN1Cc1ccccc1. The van der Waals surface area contributed by atoms with E-state index < -0.39 is 5.60 Å². The van der Waals surface area contributed by atoms with Crippen LogP contribution in [-0.2, 0) is 11.3 Å². The summed E-state index contributed by atoms with van der Waals surface area (Å²) in [5.74, 6) is -0.315. The first-order valence-electron chi connectivity index (χ1n) is 7.44. The third-order valence-electron chi connectivity index (χ3n) is 4.50. The van der Waals surface area contributed by atoms with Crippen molar-refractivity contribution in [2.75, 3.05) is 0 Å². The predicted octanol–water partition coefficient (Wildman–Crippen LogP) is 2.85. The van der Waals surface area contributed by atoms with E-state index in [4.69, 9.17) is 0 Å². The van der Waals surface area contributed by atoms with Gasteiger partial charge in [-0.15, -0.1) is 0 Å². The summed E-state index contributed by atoms with van der Waals surface area (Å²) in [5, 5.41) is 10.7. The monoisotopic (exact) mass is 271 g/mol. The predicted molar refractivity (Wildman–Crippen MR) is 77.7 cm³/mol. The van der Waals surface area contributed by atoms with Crippen molar-refractivity contribution in [3.05, 3.63) is 48.2 Å². The fourth-order valence-electron chi connectivity index (χ4n) is 3.32. The molecule has 0 saturated heterocycles. The summed E-state index contributed by atoms with van der Waals surface area (Å²) < 4.78 is 0. The van der Waals surface area contributed by atoms with Crippen LogP contribution in [0.3, 0.4) is 0 Å². The lowest BCUT2D eigenvalue weighted by Gasteiger charge is -2.36. The highest BCUT2D eigenvalue weighted by Crippen LogP contribution is 2.38. The van der Waals surface area contributed by atoms with E-state index in [0.717, 1.165) is 31.2 Å². The molecule has 1 aliphatic carbocycles. The third-order valence-corrected chi connectivity index (χ3v) is 4.50. The first-order valence-corrected chi connectivity index (χ1v) is 7.44. The number of aliphatic hydroxyl groups is 1. The molecule has 1 amide bonds. The average Bonchev–Trinajstić information content (AvgIpc) is 2.83. The Kier molecular flexibility index (Phi) is 3.62. The quantitative estimate of drug-likeness (QED) is 0.918. The Morgan fingerprint density at radius 3 is 2.55 bits per heavy atom. The topological polar surface area (TPSA) is 40.5 Å². The van der Waals surface area contributed by atoms with Crippen LogP contribution in [0.2, 0.25) is 0 Å². The van der Waals surface area contributed by atoms with Gasteiger partial charge in [-0.1, -0.05) is 55.7 Å². The molecule has 2 aliphatic rings. The van der Waals surface area contributed by atoms with Crippen molar-refractivity contribution in [3.63, 3.8) is 0 Å². The van der Waals surface area contributed by atoms with Gasteiger partial charge in [0, 0.05) is 6.20 Å². The van der Waals surface area contributed by atoms with E-state index in [1.807, 2.05) is 42.6 Å². The second-order valence-electron chi connectivity index (χ2n) is 5.94. The molecule has 3 heteroatoms. The molecule has 20 heavy (non-hydrogen) atoms. The highest BCUT2D eigenvalue weighted by atomic mass is 16.3. The van der Waals surface area contributed by atoms with Crippen LogP contribution >= 0.6 is 0 Å². The van der Waals surface area contributed by atoms with Crippen molar-refractivity contribution in [3.8, 4) is 0 Å². The van der Waals surface area contributed by atoms with Gasteiger partial charge in [-0.05, 0) is 18.4 Å². The molecule has 3 nitrogen and oxygen atoms in total. The Hall–Kier alpha value is -1.61. The van der Waals surface area contributed by atoms with E-state index in [1.54, 1.807) is 4.90 Å². The van der Waals surface area contributed by atoms with E-state index in [-0.39, 0.29) is 11.8 Å². The van der Waals surface area contributed by atoms with Crippen LogP contribution in [0.15, 0.2) is 42.6 Å². The highest BCUT2D eigenvalue weighted by molar-refractivity contribution is 5.85. The molecule has 1 atom stereocenters. The lowest BCUT2D eigenvalue weighted by molar-refractivity contribution is -0.139. The van der Waals surface area contributed by atoms with Gasteiger partial charge in [0.2, 0.25) is 5.91 Å². The van der Waals surface area contributed by atoms with Crippen molar-refractivity contribution < 1.29 is 9.90 Å². The molecule has 3 rings (SSSR count). The summed E-state index contributed by atoms with van der Waals surface area (Å²) in [4.78, 5) is 14.2. The maximum atomic E-state index is 12.5. The molecule has 1 saturated carbocycles. The molecule has 106 valence electrons. The Balaban J connectivity index is 1.70. The minimum atomic E-state index is -0.822. The molecule has 1 N–H and O–H groups in total. The van der Waals surface area contributed by atoms with Gasteiger partial charge in [-0.3, -0.25) is 4.79 Å². The van der Waals surface area contributed by atoms with Crippen LogP contribution in [0.25, 0.3) is 0 Å². The molecule has 1 aromatic rings. The van der Waals surface area contributed by atoms with E-state index in [0.29, 0.717) is 6.54 Å². The second-order valence-corrected chi connectivity index (χ2v) is 5.94. The summed E-state index contributed by atoms with van der Waals surface area (Å²) in [6.45, 7) is 0.586. The van der Waals surface area contributed by atoms with Crippen molar-refractivity contribution in [2.24, 2.45) is 5.92 Å². The van der Waals surface area contributed by atoms with Crippen LogP contribution in [0.4, 0.5) is 0 Å². The third kappa shape index (κ3) is 2.50. The molecule has 0 bridgehead atoms. The summed E-state index contributed by atoms with van der Waals surface area (Å²) in [5.41, 5.74) is 0.291. The smallest absolute Gasteiger partial charge is 0.236 e. The zero-order valence-electron chi connectivity index (χ0n) is 11.7. The maximum Gasteiger partial charge on any atom is 0.236 e. The number of rotatable bonds is 3. The molecule has 1 fully saturated rings. The summed E-state index contributed by atoms with van der Waals surface area (Å²) >= 11 is 0. The molecule has 1 aliphatic heterocycles. The minimum absolute atomic E-state index is 0.0400. The van der Waals surface area contributed by atoms with Gasteiger partial charge < -0.3 is 10.0 Å². The largest absolute Gasteiger partial charge is 0.389 e. The van der Waals surface area contributed by atoms with Gasteiger partial charge in [0.25, 0.3) is 0 Å². The van der Waals surface area contributed by atoms with Crippen LogP contribution in [0.5, 0.6) is 0 Å². The molecule has 0 radical (unpaired) electrons. The van der Waals surface area contributed by atoms with E-state index in [9.17, 15) is 9.90 Å². The number of carbonyl (C=O) groups excluding carboxylic acids is 1. The summed E-state index contributed by atoms with van der Waals surface area (Å²) in [7, 11) is 0. The first kappa shape index (κ1) is 13.4. The molecular formula is C17H21NO2. The van der Waals surface area contributed by atoms with Crippen LogP contribution in [0, 0.1) is 5.92 Å². The van der Waals surface area contributed by atoms with Gasteiger partial charge in [0.1, 0.15) is 0 Å². The second kappa shape index (κ2) is 5.41. The van der Waals surface area contributed by atoms with Gasteiger partial charge in [0.05, 0.1) is 18.1 Å². The van der Waals surface area contributed by atoms with Gasteiger partial charge in [-0.25, -0.2) is 0 Å². The average molecular weight is 271 g/mol. The van der Waals surface area contributed by atoms with Gasteiger partial charge in [0.15, 0.2) is 0 Å². The minimum Gasteiger partial charge on any atom is -0.389 e. The van der Waals surface area contributed by atoms with Crippen molar-refractivity contribution in [1.29, 1.82) is 0 Å². The van der Waals surface area contributed by atoms with Crippen molar-refractivity contribution in [2.45, 2.75) is 44.2 Å². The normalized spacial score (nSPS) is 25.1. The molecule has 1 unspecified atom stereocenters. The molecule has 0 aromatic heterocycles. The highest BCUT2D eigenvalue weighted by Gasteiger charge is 2.44. The van der Waals surface area contributed by atoms with E-state index >= 15 is 0 Å². The maximum absolute atomic E-state index is 12.5. The number of benzene rings is 1. The van der Waals surface area contributed by atoms with Crippen LogP contribution in [0.1, 0.15) is 37.7 Å². The van der Waals surface area contributed by atoms with E-state index in [1.165, 1.54) is 6.42 Å². The zero-order valence-corrected chi connectivity index (χ0v) is 11.7. The first-order chi connectivity index (χ1) is 9.69. The van der Waals surface area contributed by atoms with Crippen LogP contribution in [-0.4, -0.2) is 21.5 Å². The van der Waals surface area contributed by atoms with E-state index in [2.05, 4.69) is 0 Å². The number of amides is 1. The number of hydrogen-bond acceptors (Lipinski definition) is 2. The number of hydrogen-bond donors (Lipinski definition) is 1. The fraction of sp³-hybridized carbons (Fsp3) is 0.471. The Labute approximate surface area is 119 Å². The Morgan fingerprint density at radius 2 is 1.85 bits per heavy atom. The fourth-order valence-corrected chi connectivity index (χ4v) is 3.32. The summed E-state index contributed by atoms with van der Waals surface area (Å²) in [6.07, 6.45) is 8.42. The number of carbonyl (C=O) groups is 1. The number of nitrogens with zero attached hydrogens (tertiary/aromatic N) is 1. The lowest BCUT2D eigenvalue weighted by Crippen LogP contribution is -2.44. The molecule has 1 aromatic carbocycles. The summed E-state index contributed by atoms with van der Waals surface area (Å²) in [6, 6.07) is 9.96. The van der Waals surface area contributed by atoms with Crippen molar-refractivity contribution >= 4 is 5.91 Å². The van der Waals surface area contributed by atoms with Gasteiger partial charge >= 0.3 is 0 Å². The zero-order chi connectivity index (χ0) is 14.0. The van der Waals surface area contributed by atoms with Gasteiger partial charge in [-0.2, -0.15) is 0 Å². The molecular weight excluding hydrogens is 250 g/mol. The Bertz CT molecular complexity index is 503.